The van der Waals surface area contributed by atoms with Crippen LogP contribution in [-0.2, 0) is 6.42 Å². The monoisotopic (exact) mass is 524 g/mol. The van der Waals surface area contributed by atoms with Crippen molar-refractivity contribution in [2.75, 3.05) is 0 Å². The number of H-pyrrole nitrogens is 1. The summed E-state index contributed by atoms with van der Waals surface area (Å²) < 4.78 is 37.5. The summed E-state index contributed by atoms with van der Waals surface area (Å²) in [6.07, 6.45) is 2.80. The fraction of sp³-hybridized carbons (Fsp3) is 0.148. The molecule has 1 aromatic heterocycles. The SMILES string of the molecule is Brc1ccccc1Cc1ncc[nH]1.FC(F)(F)C=CCCB(c1ccccc1)c1ccccc1. The number of benzene rings is 3. The summed E-state index contributed by atoms with van der Waals surface area (Å²) >= 11 is 3.50. The maximum Gasteiger partial charge on any atom is 0.409 e. The normalized spacial score (nSPS) is 11.2. The molecule has 34 heavy (non-hydrogen) atoms. The van der Waals surface area contributed by atoms with Gasteiger partial charge in [0.1, 0.15) is 5.82 Å². The third-order valence-corrected chi connectivity index (χ3v) is 5.98. The molecule has 4 rings (SSSR count). The lowest BCUT2D eigenvalue weighted by Gasteiger charge is -2.13. The minimum absolute atomic E-state index is 0.116. The van der Waals surface area contributed by atoms with Crippen LogP contribution in [0.1, 0.15) is 17.8 Å². The third-order valence-electron chi connectivity index (χ3n) is 5.20. The van der Waals surface area contributed by atoms with Crippen LogP contribution in [0.15, 0.2) is 114 Å². The van der Waals surface area contributed by atoms with Gasteiger partial charge < -0.3 is 4.98 Å². The standard InChI is InChI=1S/C17H16BF3.C10H9BrN2/c19-17(20,21)13-7-8-14-18(15-9-3-1-4-10-15)16-11-5-2-6-12-16;11-9-4-2-1-3-8(9)7-10-12-5-6-13-10/h1-7,9-13H,8,14H2;1-6H,7H2,(H,12,13). The van der Waals surface area contributed by atoms with E-state index in [0.29, 0.717) is 18.8 Å². The first-order valence-corrected chi connectivity index (χ1v) is 11.8. The number of hydrogen-bond acceptors (Lipinski definition) is 1. The Hall–Kier alpha value is -3.06. The Labute approximate surface area is 207 Å². The summed E-state index contributed by atoms with van der Waals surface area (Å²) in [5, 5.41) is 0. The Balaban J connectivity index is 0.000000212. The lowest BCUT2D eigenvalue weighted by molar-refractivity contribution is -0.0800. The summed E-state index contributed by atoms with van der Waals surface area (Å²) in [6.45, 7) is 0.116. The molecule has 0 fully saturated rings. The van der Waals surface area contributed by atoms with E-state index >= 15 is 0 Å². The van der Waals surface area contributed by atoms with E-state index in [1.165, 1.54) is 11.6 Å². The fourth-order valence-corrected chi connectivity index (χ4v) is 4.02. The summed E-state index contributed by atoms with van der Waals surface area (Å²) in [5.74, 6) is 0.993. The molecule has 0 atom stereocenters. The Morgan fingerprint density at radius 2 is 1.44 bits per heavy atom. The van der Waals surface area contributed by atoms with Crippen LogP contribution in [0.3, 0.4) is 0 Å². The van der Waals surface area contributed by atoms with Crippen molar-refractivity contribution in [3.8, 4) is 0 Å². The van der Waals surface area contributed by atoms with Crippen molar-refractivity contribution in [3.05, 3.63) is 125 Å². The predicted octanol–water partition coefficient (Wildman–Crippen LogP) is 6.57. The molecule has 0 spiro atoms. The van der Waals surface area contributed by atoms with Gasteiger partial charge in [-0.1, -0.05) is 118 Å². The Bertz CT molecular complexity index is 1090. The molecule has 2 nitrogen and oxygen atoms in total. The van der Waals surface area contributed by atoms with Gasteiger partial charge in [-0.05, 0) is 18.1 Å². The topological polar surface area (TPSA) is 28.7 Å². The molecule has 0 radical (unpaired) electrons. The average Bonchev–Trinajstić information content (AvgIpc) is 3.35. The van der Waals surface area contributed by atoms with Gasteiger partial charge in [-0.15, -0.1) is 0 Å². The van der Waals surface area contributed by atoms with Crippen molar-refractivity contribution in [1.29, 1.82) is 0 Å². The molecule has 0 saturated heterocycles. The molecule has 4 aromatic rings. The van der Waals surface area contributed by atoms with Crippen LogP contribution >= 0.6 is 15.9 Å². The van der Waals surface area contributed by atoms with Crippen molar-refractivity contribution >= 4 is 33.6 Å². The maximum absolute atomic E-state index is 12.1. The van der Waals surface area contributed by atoms with Gasteiger partial charge in [0.25, 0.3) is 0 Å². The predicted molar refractivity (Wildman–Crippen MR) is 138 cm³/mol. The minimum Gasteiger partial charge on any atom is -0.348 e. The number of rotatable bonds is 7. The van der Waals surface area contributed by atoms with Crippen molar-refractivity contribution in [2.24, 2.45) is 0 Å². The van der Waals surface area contributed by atoms with Crippen molar-refractivity contribution in [3.63, 3.8) is 0 Å². The zero-order valence-electron chi connectivity index (χ0n) is 18.6. The van der Waals surface area contributed by atoms with Gasteiger partial charge in [0, 0.05) is 29.4 Å². The fourth-order valence-electron chi connectivity index (χ4n) is 3.59. The summed E-state index contributed by atoms with van der Waals surface area (Å²) in [6, 6.07) is 27.9. The van der Waals surface area contributed by atoms with Gasteiger partial charge in [0.2, 0.25) is 6.71 Å². The lowest BCUT2D eigenvalue weighted by Crippen LogP contribution is -2.41. The van der Waals surface area contributed by atoms with Crippen molar-refractivity contribution < 1.29 is 13.2 Å². The molecule has 1 heterocycles. The number of halogens is 4. The number of aromatic amines is 1. The van der Waals surface area contributed by atoms with E-state index in [4.69, 9.17) is 0 Å². The van der Waals surface area contributed by atoms with E-state index in [1.54, 1.807) is 6.20 Å². The molecule has 0 aliphatic carbocycles. The minimum atomic E-state index is -4.23. The first-order valence-electron chi connectivity index (χ1n) is 11.0. The highest BCUT2D eigenvalue weighted by atomic mass is 79.9. The number of allylic oxidation sites excluding steroid dienone is 2. The second-order valence-electron chi connectivity index (χ2n) is 7.70. The van der Waals surface area contributed by atoms with Crippen LogP contribution in [-0.4, -0.2) is 22.9 Å². The van der Waals surface area contributed by atoms with E-state index in [1.807, 2.05) is 85.1 Å². The van der Waals surface area contributed by atoms with Gasteiger partial charge >= 0.3 is 6.18 Å². The first-order chi connectivity index (χ1) is 16.4. The van der Waals surface area contributed by atoms with E-state index in [0.717, 1.165) is 27.6 Å². The number of alkyl halides is 3. The summed E-state index contributed by atoms with van der Waals surface area (Å²) in [5.41, 5.74) is 3.51. The zero-order valence-corrected chi connectivity index (χ0v) is 20.1. The highest BCUT2D eigenvalue weighted by Crippen LogP contribution is 2.18. The number of nitrogens with zero attached hydrogens (tertiary/aromatic N) is 1. The smallest absolute Gasteiger partial charge is 0.348 e. The van der Waals surface area contributed by atoms with Crippen molar-refractivity contribution in [1.82, 2.24) is 9.97 Å². The second-order valence-corrected chi connectivity index (χ2v) is 8.55. The highest BCUT2D eigenvalue weighted by molar-refractivity contribution is 9.10. The van der Waals surface area contributed by atoms with Crippen LogP contribution in [0.4, 0.5) is 13.2 Å². The van der Waals surface area contributed by atoms with Crippen LogP contribution < -0.4 is 10.9 Å². The molecule has 0 unspecified atom stereocenters. The lowest BCUT2D eigenvalue weighted by atomic mass is 9.38. The molecule has 0 bridgehead atoms. The van der Waals surface area contributed by atoms with E-state index in [2.05, 4.69) is 32.0 Å². The third kappa shape index (κ3) is 8.71. The largest absolute Gasteiger partial charge is 0.409 e. The van der Waals surface area contributed by atoms with Crippen LogP contribution in [0.25, 0.3) is 0 Å². The molecule has 0 aliphatic heterocycles. The van der Waals surface area contributed by atoms with Crippen LogP contribution in [0.5, 0.6) is 0 Å². The molecule has 7 heteroatoms. The number of nitrogens with one attached hydrogen (secondary N) is 1. The molecule has 0 aliphatic rings. The second kappa shape index (κ2) is 13.0. The van der Waals surface area contributed by atoms with Gasteiger partial charge in [-0.2, -0.15) is 13.2 Å². The van der Waals surface area contributed by atoms with Gasteiger partial charge in [0.05, 0.1) is 0 Å². The van der Waals surface area contributed by atoms with Crippen LogP contribution in [0.2, 0.25) is 6.32 Å². The zero-order chi connectivity index (χ0) is 24.2. The Morgan fingerprint density at radius 3 is 1.97 bits per heavy atom. The van der Waals surface area contributed by atoms with Crippen molar-refractivity contribution in [2.45, 2.75) is 25.3 Å². The number of imidazole rings is 1. The van der Waals surface area contributed by atoms with Crippen LogP contribution in [0, 0.1) is 0 Å². The molecule has 0 saturated carbocycles. The molecule has 0 amide bonds. The molecular weight excluding hydrogens is 500 g/mol. The van der Waals surface area contributed by atoms with E-state index in [9.17, 15) is 13.2 Å². The Kier molecular flexibility index (Phi) is 9.77. The maximum atomic E-state index is 12.1. The summed E-state index contributed by atoms with van der Waals surface area (Å²) in [7, 11) is 0. The molecule has 1 N–H and O–H groups in total. The summed E-state index contributed by atoms with van der Waals surface area (Å²) in [4.78, 5) is 7.26. The molecule has 174 valence electrons. The van der Waals surface area contributed by atoms with E-state index < -0.39 is 6.18 Å². The highest BCUT2D eigenvalue weighted by Gasteiger charge is 2.22. The van der Waals surface area contributed by atoms with Gasteiger partial charge in [-0.3, -0.25) is 0 Å². The Morgan fingerprint density at radius 1 is 0.853 bits per heavy atom. The quantitative estimate of drug-likeness (QED) is 0.215. The molecular formula is C27H25BBrF3N2. The molecule has 3 aromatic carbocycles. The van der Waals surface area contributed by atoms with Gasteiger partial charge in [0.15, 0.2) is 0 Å². The number of aromatic nitrogens is 2. The van der Waals surface area contributed by atoms with Gasteiger partial charge in [-0.25, -0.2) is 4.98 Å². The average molecular weight is 525 g/mol. The first kappa shape index (κ1) is 25.6. The number of hydrogen-bond donors (Lipinski definition) is 1. The van der Waals surface area contributed by atoms with E-state index in [-0.39, 0.29) is 6.71 Å².